The molecule has 0 heterocycles. The maximum Gasteiger partial charge on any atom is 0.258 e. The lowest BCUT2D eigenvalue weighted by Gasteiger charge is -2.08. The molecule has 0 aliphatic rings. The van der Waals surface area contributed by atoms with Gasteiger partial charge in [0.2, 0.25) is 0 Å². The molecule has 82 valence electrons. The molecule has 0 unspecified atom stereocenters. The zero-order valence-electron chi connectivity index (χ0n) is 8.20. The second-order valence-electron chi connectivity index (χ2n) is 3.19. The van der Waals surface area contributed by atoms with E-state index in [-0.39, 0.29) is 6.54 Å². The lowest BCUT2D eigenvalue weighted by Crippen LogP contribution is -2.31. The van der Waals surface area contributed by atoms with Crippen LogP contribution in [0, 0.1) is 5.82 Å². The van der Waals surface area contributed by atoms with Crippen LogP contribution in [0.3, 0.4) is 0 Å². The first-order chi connectivity index (χ1) is 7.02. The molecule has 1 aromatic rings. The fourth-order valence-electron chi connectivity index (χ4n) is 1.07. The summed E-state index contributed by atoms with van der Waals surface area (Å²) in [4.78, 5) is 11.4. The van der Waals surface area contributed by atoms with Gasteiger partial charge in [0, 0.05) is 6.54 Å². The Kier molecular flexibility index (Phi) is 3.62. The second kappa shape index (κ2) is 4.75. The van der Waals surface area contributed by atoms with Crippen molar-refractivity contribution in [3.8, 4) is 5.75 Å². The number of aliphatic hydroxyl groups is 1. The van der Waals surface area contributed by atoms with E-state index in [1.165, 1.54) is 19.1 Å². The zero-order chi connectivity index (χ0) is 11.4. The maximum absolute atomic E-state index is 13.1. The monoisotopic (exact) mass is 213 g/mol. The van der Waals surface area contributed by atoms with Crippen LogP contribution in [-0.4, -0.2) is 28.8 Å². The highest BCUT2D eigenvalue weighted by Gasteiger charge is 2.16. The van der Waals surface area contributed by atoms with Gasteiger partial charge in [0.1, 0.15) is 17.1 Å². The number of phenols is 1. The number of aliphatic hydroxyl groups excluding tert-OH is 1. The molecule has 1 atom stereocenters. The van der Waals surface area contributed by atoms with E-state index in [4.69, 9.17) is 5.11 Å². The van der Waals surface area contributed by atoms with Crippen LogP contribution < -0.4 is 5.32 Å². The fourth-order valence-corrected chi connectivity index (χ4v) is 1.07. The van der Waals surface area contributed by atoms with Gasteiger partial charge in [-0.15, -0.1) is 0 Å². The fraction of sp³-hybridized carbons (Fsp3) is 0.300. The van der Waals surface area contributed by atoms with Gasteiger partial charge in [0.25, 0.3) is 5.91 Å². The van der Waals surface area contributed by atoms with Crippen molar-refractivity contribution in [1.82, 2.24) is 5.32 Å². The van der Waals surface area contributed by atoms with Gasteiger partial charge in [-0.1, -0.05) is 6.07 Å². The molecule has 0 aromatic heterocycles. The molecule has 0 aliphatic heterocycles. The maximum atomic E-state index is 13.1. The van der Waals surface area contributed by atoms with Crippen molar-refractivity contribution < 1.29 is 19.4 Å². The van der Waals surface area contributed by atoms with Crippen molar-refractivity contribution in [2.45, 2.75) is 13.0 Å². The summed E-state index contributed by atoms with van der Waals surface area (Å²) in [6.45, 7) is 1.49. The third kappa shape index (κ3) is 2.92. The molecule has 0 radical (unpaired) electrons. The van der Waals surface area contributed by atoms with Gasteiger partial charge >= 0.3 is 0 Å². The van der Waals surface area contributed by atoms with E-state index in [1.54, 1.807) is 0 Å². The highest BCUT2D eigenvalue weighted by Crippen LogP contribution is 2.19. The molecule has 3 N–H and O–H groups in total. The molecule has 1 amide bonds. The Bertz CT molecular complexity index is 345. The third-order valence-corrected chi connectivity index (χ3v) is 1.78. The van der Waals surface area contributed by atoms with Crippen molar-refractivity contribution in [3.63, 3.8) is 0 Å². The molecular weight excluding hydrogens is 201 g/mol. The van der Waals surface area contributed by atoms with Crippen LogP contribution in [-0.2, 0) is 0 Å². The summed E-state index contributed by atoms with van der Waals surface area (Å²) in [5.41, 5.74) is -0.404. The topological polar surface area (TPSA) is 69.6 Å². The van der Waals surface area contributed by atoms with Crippen LogP contribution in [0.5, 0.6) is 5.75 Å². The molecule has 0 aliphatic carbocycles. The van der Waals surface area contributed by atoms with Gasteiger partial charge in [-0.3, -0.25) is 4.79 Å². The molecule has 1 aromatic carbocycles. The Hall–Kier alpha value is -1.62. The van der Waals surface area contributed by atoms with Gasteiger partial charge in [0.05, 0.1) is 6.10 Å². The van der Waals surface area contributed by atoms with Crippen molar-refractivity contribution in [2.24, 2.45) is 0 Å². The predicted molar refractivity (Wildman–Crippen MR) is 52.1 cm³/mol. The molecule has 5 heteroatoms. The van der Waals surface area contributed by atoms with Crippen molar-refractivity contribution in [3.05, 3.63) is 29.6 Å². The zero-order valence-corrected chi connectivity index (χ0v) is 8.20. The first-order valence-electron chi connectivity index (χ1n) is 4.46. The number of halogens is 1. The summed E-state index contributed by atoms with van der Waals surface area (Å²) in [6, 6.07) is 3.60. The molecule has 0 spiro atoms. The first-order valence-corrected chi connectivity index (χ1v) is 4.46. The molecule has 1 rings (SSSR count). The lowest BCUT2D eigenvalue weighted by atomic mass is 10.1. The van der Waals surface area contributed by atoms with E-state index in [1.807, 2.05) is 0 Å². The Labute approximate surface area is 86.4 Å². The van der Waals surface area contributed by atoms with Crippen LogP contribution >= 0.6 is 0 Å². The Morgan fingerprint density at radius 3 is 2.80 bits per heavy atom. The van der Waals surface area contributed by atoms with Crippen LogP contribution in [0.25, 0.3) is 0 Å². The highest BCUT2D eigenvalue weighted by atomic mass is 19.1. The minimum Gasteiger partial charge on any atom is -0.507 e. The summed E-state index contributed by atoms with van der Waals surface area (Å²) < 4.78 is 13.1. The van der Waals surface area contributed by atoms with Crippen molar-refractivity contribution in [2.75, 3.05) is 6.54 Å². The molecule has 0 saturated heterocycles. The van der Waals surface area contributed by atoms with Crippen molar-refractivity contribution >= 4 is 5.91 Å². The number of amides is 1. The Morgan fingerprint density at radius 1 is 1.60 bits per heavy atom. The molecule has 4 nitrogen and oxygen atoms in total. The lowest BCUT2D eigenvalue weighted by molar-refractivity contribution is 0.0917. The number of rotatable bonds is 3. The highest BCUT2D eigenvalue weighted by molar-refractivity contribution is 5.97. The molecule has 15 heavy (non-hydrogen) atoms. The molecular formula is C10H12FNO3. The molecule has 0 saturated carbocycles. The van der Waals surface area contributed by atoms with Gasteiger partial charge in [0.15, 0.2) is 0 Å². The Morgan fingerprint density at radius 2 is 2.27 bits per heavy atom. The SMILES string of the molecule is C[C@H](O)CNC(=O)c1c(O)cccc1F. The number of carbonyl (C=O) groups is 1. The predicted octanol–water partition coefficient (Wildman–Crippen LogP) is 0.642. The minimum absolute atomic E-state index is 0.00656. The smallest absolute Gasteiger partial charge is 0.258 e. The first kappa shape index (κ1) is 11.5. The van der Waals surface area contributed by atoms with E-state index < -0.39 is 29.1 Å². The van der Waals surface area contributed by atoms with Gasteiger partial charge < -0.3 is 15.5 Å². The number of hydrogen-bond donors (Lipinski definition) is 3. The van der Waals surface area contributed by atoms with E-state index in [0.29, 0.717) is 0 Å². The van der Waals surface area contributed by atoms with E-state index in [9.17, 15) is 14.3 Å². The van der Waals surface area contributed by atoms with Crippen LogP contribution in [0.15, 0.2) is 18.2 Å². The van der Waals surface area contributed by atoms with Crippen molar-refractivity contribution in [1.29, 1.82) is 0 Å². The molecule has 0 bridgehead atoms. The Balaban J connectivity index is 2.82. The normalized spacial score (nSPS) is 12.2. The summed E-state index contributed by atoms with van der Waals surface area (Å²) in [5.74, 6) is -1.96. The summed E-state index contributed by atoms with van der Waals surface area (Å²) in [6.07, 6.45) is -0.720. The second-order valence-corrected chi connectivity index (χ2v) is 3.19. The average molecular weight is 213 g/mol. The summed E-state index contributed by atoms with van der Waals surface area (Å²) in [7, 11) is 0. The third-order valence-electron chi connectivity index (χ3n) is 1.78. The van der Waals surface area contributed by atoms with Crippen LogP contribution in [0.2, 0.25) is 0 Å². The quantitative estimate of drug-likeness (QED) is 0.690. The number of aromatic hydroxyl groups is 1. The van der Waals surface area contributed by atoms with Crippen LogP contribution in [0.1, 0.15) is 17.3 Å². The number of phenolic OH excluding ortho intramolecular Hbond substituents is 1. The van der Waals surface area contributed by atoms with Crippen LogP contribution in [0.4, 0.5) is 4.39 Å². The van der Waals surface area contributed by atoms with E-state index in [0.717, 1.165) is 6.07 Å². The number of benzene rings is 1. The van der Waals surface area contributed by atoms with E-state index in [2.05, 4.69) is 5.32 Å². The summed E-state index contributed by atoms with van der Waals surface area (Å²) >= 11 is 0. The van der Waals surface area contributed by atoms with Gasteiger partial charge in [-0.05, 0) is 19.1 Å². The van der Waals surface area contributed by atoms with E-state index >= 15 is 0 Å². The van der Waals surface area contributed by atoms with Gasteiger partial charge in [-0.2, -0.15) is 0 Å². The summed E-state index contributed by atoms with van der Waals surface area (Å²) in [5, 5.41) is 20.5. The number of nitrogens with one attached hydrogen (secondary N) is 1. The van der Waals surface area contributed by atoms with Gasteiger partial charge in [-0.25, -0.2) is 4.39 Å². The number of carbonyl (C=O) groups excluding carboxylic acids is 1. The largest absolute Gasteiger partial charge is 0.507 e. The molecule has 0 fully saturated rings. The average Bonchev–Trinajstić information content (AvgIpc) is 2.14. The standard InChI is InChI=1S/C10H12FNO3/c1-6(13)5-12-10(15)9-7(11)3-2-4-8(9)14/h2-4,6,13-14H,5H2,1H3,(H,12,15)/t6-/m0/s1. The number of hydrogen-bond acceptors (Lipinski definition) is 3. The minimum atomic E-state index is -0.793.